The summed E-state index contributed by atoms with van der Waals surface area (Å²) < 4.78 is 87.0. The van der Waals surface area contributed by atoms with Gasteiger partial charge in [-0.1, -0.05) is 30.3 Å². The fraction of sp³-hybridized carbons (Fsp3) is 0.357. The highest BCUT2D eigenvalue weighted by Crippen LogP contribution is 2.87. The second kappa shape index (κ2) is 13.1. The van der Waals surface area contributed by atoms with Gasteiger partial charge in [-0.05, 0) is 65.9 Å². The van der Waals surface area contributed by atoms with Crippen molar-refractivity contribution in [3.05, 3.63) is 83.7 Å². The van der Waals surface area contributed by atoms with Gasteiger partial charge in [-0.15, -0.1) is 0 Å². The molecule has 0 saturated carbocycles. The lowest BCUT2D eigenvalue weighted by Crippen LogP contribution is -2.25. The van der Waals surface area contributed by atoms with E-state index in [1.807, 2.05) is 0 Å². The average Bonchev–Trinajstić information content (AvgIpc) is 2.97. The molecule has 0 aliphatic carbocycles. The molecule has 8 nitrogen and oxygen atoms in total. The van der Waals surface area contributed by atoms with Gasteiger partial charge in [0.15, 0.2) is 17.0 Å². The molecule has 0 unspecified atom stereocenters. The summed E-state index contributed by atoms with van der Waals surface area (Å²) in [5, 5.41) is -1.22. The Kier molecular flexibility index (Phi) is 9.66. The molecule has 0 atom stereocenters. The summed E-state index contributed by atoms with van der Waals surface area (Å²) in [6.07, 6.45) is -3.25. The smallest absolute Gasteiger partial charge is 0.416 e. The normalized spacial score (nSPS) is 18.5. The second-order valence-electron chi connectivity index (χ2n) is 9.53. The van der Waals surface area contributed by atoms with Gasteiger partial charge in [0.1, 0.15) is 19.0 Å². The molecule has 2 heterocycles. The van der Waals surface area contributed by atoms with E-state index in [1.165, 1.54) is 24.3 Å². The molecule has 2 aliphatic heterocycles. The highest BCUT2D eigenvalue weighted by molar-refractivity contribution is 7.78. The lowest BCUT2D eigenvalue weighted by Gasteiger charge is -2.47. The monoisotopic (exact) mass is 632 g/mol. The standard InChI is InChI=1S/C28H30F4O8P2/c29-25-19-22(27(41(33)37-13-1-14-38-41)42(34)39-15-2-16-40-42)7-12-26(25)36-18-17-35-24-10-5-21(6-11-24)20-3-8-23(9-4-20)28(30,31)32/h3-12,19,27,33-34H,1-2,13-18H2. The Labute approximate surface area is 241 Å². The minimum absolute atomic E-state index is 0.00662. The van der Waals surface area contributed by atoms with Gasteiger partial charge in [-0.3, -0.25) is 0 Å². The number of hydrogen-bond donors (Lipinski definition) is 2. The molecule has 2 fully saturated rings. The predicted molar refractivity (Wildman–Crippen MR) is 148 cm³/mol. The summed E-state index contributed by atoms with van der Waals surface area (Å²) in [5.41, 5.74) is 0.847. The zero-order valence-electron chi connectivity index (χ0n) is 22.3. The van der Waals surface area contributed by atoms with Crippen LogP contribution in [0.3, 0.4) is 0 Å². The van der Waals surface area contributed by atoms with Crippen LogP contribution >= 0.6 is 15.9 Å². The first-order chi connectivity index (χ1) is 20.1. The molecule has 0 spiro atoms. The molecule has 228 valence electrons. The molecule has 0 amide bonds. The van der Waals surface area contributed by atoms with Gasteiger partial charge in [0.2, 0.25) is 15.9 Å². The maximum Gasteiger partial charge on any atom is 0.416 e. The Morgan fingerprint density at radius 2 is 1.21 bits per heavy atom. The van der Waals surface area contributed by atoms with Gasteiger partial charge in [0.25, 0.3) is 0 Å². The summed E-state index contributed by atoms with van der Waals surface area (Å²) in [6, 6.07) is 15.7. The van der Waals surface area contributed by atoms with Gasteiger partial charge < -0.3 is 37.4 Å². The van der Waals surface area contributed by atoms with Crippen molar-refractivity contribution in [1.29, 1.82) is 0 Å². The van der Waals surface area contributed by atoms with Crippen molar-refractivity contribution in [1.82, 2.24) is 0 Å². The first-order valence-corrected chi connectivity index (χ1v) is 16.5. The van der Waals surface area contributed by atoms with Gasteiger partial charge >= 0.3 is 6.18 Å². The van der Waals surface area contributed by atoms with Crippen LogP contribution in [0.2, 0.25) is 0 Å². The van der Waals surface area contributed by atoms with E-state index in [9.17, 15) is 23.0 Å². The van der Waals surface area contributed by atoms with Gasteiger partial charge in [0, 0.05) is 0 Å². The summed E-state index contributed by atoms with van der Waals surface area (Å²) >= 11 is 0. The van der Waals surface area contributed by atoms with E-state index in [0.717, 1.165) is 23.8 Å². The highest BCUT2D eigenvalue weighted by Gasteiger charge is 2.56. The number of hydrogen-bond acceptors (Lipinski definition) is 8. The third-order valence-corrected chi connectivity index (χ3v) is 12.4. The molecule has 0 aromatic heterocycles. The van der Waals surface area contributed by atoms with Gasteiger partial charge in [-0.2, -0.15) is 13.2 Å². The van der Waals surface area contributed by atoms with Crippen LogP contribution in [0.25, 0.3) is 11.1 Å². The van der Waals surface area contributed by atoms with Crippen molar-refractivity contribution in [3.8, 4) is 22.6 Å². The average molecular weight is 632 g/mol. The molecule has 3 aromatic rings. The van der Waals surface area contributed by atoms with Crippen molar-refractivity contribution in [2.75, 3.05) is 39.6 Å². The maximum absolute atomic E-state index is 15.1. The summed E-state index contributed by atoms with van der Waals surface area (Å²) in [5.74, 6) is -0.293. The lowest BCUT2D eigenvalue weighted by atomic mass is 10.0. The Morgan fingerprint density at radius 1 is 0.714 bits per heavy atom. The third-order valence-electron chi connectivity index (χ3n) is 6.56. The Bertz CT molecular complexity index is 1310. The van der Waals surface area contributed by atoms with Crippen molar-refractivity contribution < 1.29 is 54.9 Å². The van der Waals surface area contributed by atoms with E-state index >= 15 is 4.39 Å². The largest absolute Gasteiger partial charge is 0.490 e. The van der Waals surface area contributed by atoms with Crippen molar-refractivity contribution in [2.24, 2.45) is 0 Å². The van der Waals surface area contributed by atoms with E-state index in [0.29, 0.717) is 24.2 Å². The zero-order valence-corrected chi connectivity index (χ0v) is 24.1. The van der Waals surface area contributed by atoms with E-state index < -0.39 is 38.8 Å². The van der Waals surface area contributed by atoms with Crippen molar-refractivity contribution in [2.45, 2.75) is 24.4 Å². The Hall–Kier alpha value is -2.40. The lowest BCUT2D eigenvalue weighted by molar-refractivity contribution is -0.137. The van der Waals surface area contributed by atoms with Gasteiger partial charge in [-0.25, -0.2) is 4.39 Å². The van der Waals surface area contributed by atoms with Crippen molar-refractivity contribution >= 4 is 15.9 Å². The van der Waals surface area contributed by atoms with Crippen LogP contribution in [0.15, 0.2) is 66.7 Å². The number of ether oxygens (including phenoxy) is 2. The summed E-state index contributed by atoms with van der Waals surface area (Å²) in [7, 11) is -7.36. The second-order valence-corrected chi connectivity index (χ2v) is 14.3. The first kappa shape index (κ1) is 31.0. The van der Waals surface area contributed by atoms with E-state index in [-0.39, 0.29) is 51.0 Å². The zero-order chi connectivity index (χ0) is 29.8. The van der Waals surface area contributed by atoms with E-state index in [4.69, 9.17) is 27.6 Å². The minimum Gasteiger partial charge on any atom is -0.490 e. The molecule has 2 aliphatic rings. The van der Waals surface area contributed by atoms with E-state index in [1.54, 1.807) is 24.3 Å². The SMILES string of the molecule is O[P]1(C(c2ccc(OCCOc3ccc(-c4ccc(C(F)(F)F)cc4)cc3)c(F)c2)[P]2(O)OCCCO2)OCCCO1. The highest BCUT2D eigenvalue weighted by atomic mass is 31.3. The summed E-state index contributed by atoms with van der Waals surface area (Å²) in [4.78, 5) is 22.5. The molecular formula is C28H30F4O8P2. The molecule has 42 heavy (non-hydrogen) atoms. The van der Waals surface area contributed by atoms with Crippen LogP contribution in [0.5, 0.6) is 11.5 Å². The molecule has 2 saturated heterocycles. The molecule has 2 N–H and O–H groups in total. The molecule has 0 bridgehead atoms. The predicted octanol–water partition coefficient (Wildman–Crippen LogP) is 7.35. The fourth-order valence-corrected chi connectivity index (χ4v) is 10.1. The topological polar surface area (TPSA) is 95.8 Å². The Balaban J connectivity index is 1.19. The fourth-order valence-electron chi connectivity index (χ4n) is 4.52. The minimum atomic E-state index is -4.39. The molecule has 5 rings (SSSR count). The van der Waals surface area contributed by atoms with Crippen LogP contribution in [-0.2, 0) is 24.3 Å². The number of halogens is 4. The number of alkyl halides is 3. The van der Waals surface area contributed by atoms with Crippen molar-refractivity contribution in [3.63, 3.8) is 0 Å². The van der Waals surface area contributed by atoms with Gasteiger partial charge in [0.05, 0.1) is 32.0 Å². The molecular weight excluding hydrogens is 602 g/mol. The molecule has 3 aromatic carbocycles. The van der Waals surface area contributed by atoms with E-state index in [2.05, 4.69) is 0 Å². The van der Waals surface area contributed by atoms with Crippen LogP contribution < -0.4 is 9.47 Å². The first-order valence-electron chi connectivity index (χ1n) is 13.2. The van der Waals surface area contributed by atoms with Crippen LogP contribution in [0, 0.1) is 5.82 Å². The number of rotatable bonds is 9. The quantitative estimate of drug-likeness (QED) is 0.144. The Morgan fingerprint density at radius 3 is 1.71 bits per heavy atom. The number of benzene rings is 3. The van der Waals surface area contributed by atoms with Crippen LogP contribution in [0.1, 0.15) is 29.4 Å². The van der Waals surface area contributed by atoms with Crippen LogP contribution in [0.4, 0.5) is 17.6 Å². The third kappa shape index (κ3) is 7.21. The maximum atomic E-state index is 15.1. The molecule has 2 radical (unpaired) electrons. The molecule has 14 heteroatoms. The summed E-state index contributed by atoms with van der Waals surface area (Å²) in [6.45, 7) is 0.991. The van der Waals surface area contributed by atoms with Crippen LogP contribution in [-0.4, -0.2) is 49.4 Å².